The van der Waals surface area contributed by atoms with Crippen LogP contribution in [-0.2, 0) is 29.1 Å². The van der Waals surface area contributed by atoms with Crippen LogP contribution in [0.15, 0.2) is 0 Å². The van der Waals surface area contributed by atoms with Crippen molar-refractivity contribution in [1.29, 1.82) is 0 Å². The van der Waals surface area contributed by atoms with Crippen molar-refractivity contribution in [3.63, 3.8) is 0 Å². The van der Waals surface area contributed by atoms with Crippen LogP contribution in [0.5, 0.6) is 0 Å². The molecule has 0 heterocycles. The number of carbonyl (C=O) groups excluding carboxylic acids is 2. The molecule has 7 nitrogen and oxygen atoms in total. The Balaban J connectivity index is 5.01. The van der Waals surface area contributed by atoms with Gasteiger partial charge in [-0.2, -0.15) is 26.3 Å². The molecular formula is C16H25F6NO6S. The van der Waals surface area contributed by atoms with Gasteiger partial charge < -0.3 is 9.47 Å². The molecule has 0 bridgehead atoms. The van der Waals surface area contributed by atoms with Gasteiger partial charge in [0.15, 0.2) is 6.10 Å². The fourth-order valence-corrected chi connectivity index (χ4v) is 2.87. The van der Waals surface area contributed by atoms with E-state index in [1.807, 2.05) is 0 Å². The van der Waals surface area contributed by atoms with E-state index in [9.17, 15) is 44.3 Å². The summed E-state index contributed by atoms with van der Waals surface area (Å²) in [5, 5.41) is 0. The lowest BCUT2D eigenvalue weighted by molar-refractivity contribution is -0.222. The van der Waals surface area contributed by atoms with Crippen molar-refractivity contribution in [3.05, 3.63) is 0 Å². The Hall–Kier alpha value is -1.57. The summed E-state index contributed by atoms with van der Waals surface area (Å²) < 4.78 is 107. The molecule has 2 atom stereocenters. The second kappa shape index (κ2) is 9.71. The number of alkyl halides is 6. The van der Waals surface area contributed by atoms with Gasteiger partial charge in [0.05, 0.1) is 10.8 Å². The monoisotopic (exact) mass is 473 g/mol. The highest BCUT2D eigenvalue weighted by Crippen LogP contribution is 2.39. The topological polar surface area (TPSA) is 98.8 Å². The zero-order valence-corrected chi connectivity index (χ0v) is 17.8. The lowest BCUT2D eigenvalue weighted by Gasteiger charge is -2.34. The largest absolute Gasteiger partial charge is 0.511 e. The maximum Gasteiger partial charge on any atom is 0.511 e. The summed E-state index contributed by atoms with van der Waals surface area (Å²) in [6, 6.07) is 0. The van der Waals surface area contributed by atoms with Crippen molar-refractivity contribution in [2.75, 3.05) is 13.2 Å². The first kappa shape index (κ1) is 28.4. The van der Waals surface area contributed by atoms with Crippen LogP contribution in [0.4, 0.5) is 26.3 Å². The summed E-state index contributed by atoms with van der Waals surface area (Å²) in [5.41, 5.74) is -8.44. The molecule has 0 radical (unpaired) electrons. The number of rotatable bonds is 10. The van der Waals surface area contributed by atoms with E-state index in [-0.39, 0.29) is 12.8 Å². The molecule has 0 aromatic rings. The highest BCUT2D eigenvalue weighted by Gasteiger charge is 2.47. The molecule has 1 N–H and O–H groups in total. The number of halogens is 6. The standard InChI is InChI=1S/C16H25F6NO6S/c1-6-14(5,9-13(3,4)11(24)29-10(2)15(17,18)19)12(25)28-8-7-23-30(26,27)16(20,21)22/h10,23H,6-9H2,1-5H3. The Labute approximate surface area is 170 Å². The molecule has 0 spiro atoms. The van der Waals surface area contributed by atoms with Crippen molar-refractivity contribution in [2.24, 2.45) is 10.8 Å². The molecule has 0 aromatic heterocycles. The Bertz CT molecular complexity index is 719. The van der Waals surface area contributed by atoms with Gasteiger partial charge in [0.25, 0.3) is 0 Å². The minimum Gasteiger partial charge on any atom is -0.464 e. The Kier molecular flexibility index (Phi) is 9.20. The van der Waals surface area contributed by atoms with Crippen molar-refractivity contribution >= 4 is 22.0 Å². The van der Waals surface area contributed by atoms with E-state index in [4.69, 9.17) is 4.74 Å². The first-order chi connectivity index (χ1) is 13.2. The molecule has 0 saturated heterocycles. The second-order valence-electron chi connectivity index (χ2n) is 7.54. The lowest BCUT2D eigenvalue weighted by Crippen LogP contribution is -2.42. The van der Waals surface area contributed by atoms with E-state index in [0.717, 1.165) is 0 Å². The number of hydrogen-bond donors (Lipinski definition) is 1. The lowest BCUT2D eigenvalue weighted by atomic mass is 9.72. The van der Waals surface area contributed by atoms with E-state index in [2.05, 4.69) is 4.74 Å². The van der Waals surface area contributed by atoms with E-state index >= 15 is 0 Å². The summed E-state index contributed by atoms with van der Waals surface area (Å²) in [6.07, 6.45) is -7.33. The highest BCUT2D eigenvalue weighted by molar-refractivity contribution is 7.90. The average molecular weight is 473 g/mol. The third-order valence-corrected chi connectivity index (χ3v) is 5.53. The number of hydrogen-bond acceptors (Lipinski definition) is 6. The highest BCUT2D eigenvalue weighted by atomic mass is 32.2. The molecule has 14 heteroatoms. The maximum atomic E-state index is 12.6. The van der Waals surface area contributed by atoms with Crippen molar-refractivity contribution in [1.82, 2.24) is 4.72 Å². The molecule has 0 rings (SSSR count). The molecule has 0 aromatic carbocycles. The van der Waals surface area contributed by atoms with Crippen LogP contribution >= 0.6 is 0 Å². The van der Waals surface area contributed by atoms with E-state index in [1.165, 1.54) is 32.4 Å². The number of sulfonamides is 1. The van der Waals surface area contributed by atoms with Gasteiger partial charge in [-0.05, 0) is 40.5 Å². The minimum atomic E-state index is -5.59. The Morgan fingerprint density at radius 1 is 1.00 bits per heavy atom. The van der Waals surface area contributed by atoms with Gasteiger partial charge in [0, 0.05) is 6.54 Å². The second-order valence-corrected chi connectivity index (χ2v) is 9.30. The Morgan fingerprint density at radius 2 is 1.50 bits per heavy atom. The number of ether oxygens (including phenoxy) is 2. The molecule has 0 aliphatic heterocycles. The first-order valence-electron chi connectivity index (χ1n) is 8.70. The van der Waals surface area contributed by atoms with E-state index in [1.54, 1.807) is 0 Å². The number of nitrogens with one attached hydrogen (secondary N) is 1. The molecule has 30 heavy (non-hydrogen) atoms. The van der Waals surface area contributed by atoms with Crippen LogP contribution in [0.1, 0.15) is 47.5 Å². The summed E-state index contributed by atoms with van der Waals surface area (Å²) in [6.45, 7) is 4.53. The molecular weight excluding hydrogens is 448 g/mol. The van der Waals surface area contributed by atoms with Gasteiger partial charge in [0.1, 0.15) is 6.61 Å². The van der Waals surface area contributed by atoms with Crippen LogP contribution in [0.2, 0.25) is 0 Å². The SMILES string of the molecule is CCC(C)(CC(C)(C)C(=O)OC(C)C(F)(F)F)C(=O)OCCNS(=O)(=O)C(F)(F)F. The normalized spacial score (nSPS) is 16.5. The van der Waals surface area contributed by atoms with Gasteiger partial charge in [-0.1, -0.05) is 6.92 Å². The quantitative estimate of drug-likeness (QED) is 0.297. The van der Waals surface area contributed by atoms with Crippen molar-refractivity contribution in [3.8, 4) is 0 Å². The van der Waals surface area contributed by atoms with Crippen LogP contribution in [0, 0.1) is 10.8 Å². The smallest absolute Gasteiger partial charge is 0.464 e. The predicted molar refractivity (Wildman–Crippen MR) is 92.3 cm³/mol. The summed E-state index contributed by atoms with van der Waals surface area (Å²) >= 11 is 0. The minimum absolute atomic E-state index is 0.0750. The average Bonchev–Trinajstić information content (AvgIpc) is 2.55. The van der Waals surface area contributed by atoms with Crippen molar-refractivity contribution < 1.29 is 53.8 Å². The molecule has 0 aliphatic rings. The first-order valence-corrected chi connectivity index (χ1v) is 10.2. The van der Waals surface area contributed by atoms with Crippen LogP contribution < -0.4 is 4.72 Å². The summed E-state index contributed by atoms with van der Waals surface area (Å²) in [5.74, 6) is -2.15. The molecule has 0 fully saturated rings. The molecule has 0 amide bonds. The van der Waals surface area contributed by atoms with E-state index < -0.39 is 63.7 Å². The third kappa shape index (κ3) is 7.93. The zero-order valence-electron chi connectivity index (χ0n) is 17.0. The van der Waals surface area contributed by atoms with Gasteiger partial charge in [0.2, 0.25) is 0 Å². The molecule has 0 saturated carbocycles. The zero-order chi connectivity index (χ0) is 24.2. The maximum absolute atomic E-state index is 12.6. The predicted octanol–water partition coefficient (Wildman–Crippen LogP) is 3.30. The van der Waals surface area contributed by atoms with Crippen LogP contribution in [0.3, 0.4) is 0 Å². The molecule has 2 unspecified atom stereocenters. The molecule has 178 valence electrons. The Morgan fingerprint density at radius 3 is 1.90 bits per heavy atom. The number of carbonyl (C=O) groups is 2. The molecule has 0 aliphatic carbocycles. The summed E-state index contributed by atoms with van der Waals surface area (Å²) in [7, 11) is -5.59. The third-order valence-electron chi connectivity index (χ3n) is 4.33. The van der Waals surface area contributed by atoms with Crippen LogP contribution in [0.25, 0.3) is 0 Å². The number of esters is 2. The van der Waals surface area contributed by atoms with Crippen molar-refractivity contribution in [2.45, 2.75) is 65.2 Å². The van der Waals surface area contributed by atoms with Gasteiger partial charge in [-0.25, -0.2) is 13.1 Å². The summed E-state index contributed by atoms with van der Waals surface area (Å²) in [4.78, 5) is 24.5. The fourth-order valence-electron chi connectivity index (χ4n) is 2.35. The van der Waals surface area contributed by atoms with Gasteiger partial charge in [-0.3, -0.25) is 9.59 Å². The van der Waals surface area contributed by atoms with Gasteiger partial charge in [-0.15, -0.1) is 0 Å². The fraction of sp³-hybridized carbons (Fsp3) is 0.875. The van der Waals surface area contributed by atoms with Gasteiger partial charge >= 0.3 is 33.6 Å². The van der Waals surface area contributed by atoms with Crippen LogP contribution in [-0.4, -0.2) is 51.3 Å². The van der Waals surface area contributed by atoms with E-state index in [0.29, 0.717) is 6.92 Å².